The van der Waals surface area contributed by atoms with Crippen molar-refractivity contribution in [1.29, 1.82) is 0 Å². The molecule has 18 heavy (non-hydrogen) atoms. The van der Waals surface area contributed by atoms with Gasteiger partial charge in [-0.25, -0.2) is 0 Å². The third kappa shape index (κ3) is 2.59. The quantitative estimate of drug-likeness (QED) is 0.786. The van der Waals surface area contributed by atoms with Crippen molar-refractivity contribution in [2.24, 2.45) is 5.73 Å². The highest BCUT2D eigenvalue weighted by atomic mass is 32.1. The van der Waals surface area contributed by atoms with E-state index in [1.54, 1.807) is 6.07 Å². The number of aliphatic hydroxyl groups excluding tert-OH is 1. The van der Waals surface area contributed by atoms with Gasteiger partial charge in [-0.2, -0.15) is 0 Å². The molecule has 0 bridgehead atoms. The molecule has 2 rings (SSSR count). The van der Waals surface area contributed by atoms with Gasteiger partial charge < -0.3 is 15.9 Å². The molecule has 5 heteroatoms. The molecule has 0 aliphatic carbocycles. The Bertz CT molecular complexity index is 538. The zero-order valence-corrected chi connectivity index (χ0v) is 10.3. The van der Waals surface area contributed by atoms with Crippen LogP contribution < -0.4 is 5.73 Å². The van der Waals surface area contributed by atoms with Crippen LogP contribution in [-0.2, 0) is 4.79 Å². The first-order chi connectivity index (χ1) is 8.59. The zero-order chi connectivity index (χ0) is 13.1. The third-order valence-corrected chi connectivity index (χ3v) is 3.81. The summed E-state index contributed by atoms with van der Waals surface area (Å²) in [5, 5.41) is 18.6. The standard InChI is InChI=1S/C13H13NO3S/c14-11(13(16)17)12(15)10-7-6-9(18-10)8-4-2-1-3-5-8/h1-7,11-12,15H,14H2,(H,16,17). The Morgan fingerprint density at radius 2 is 1.83 bits per heavy atom. The van der Waals surface area contributed by atoms with E-state index >= 15 is 0 Å². The second-order valence-corrected chi connectivity index (χ2v) is 4.99. The van der Waals surface area contributed by atoms with Gasteiger partial charge in [-0.05, 0) is 17.7 Å². The molecule has 0 saturated carbocycles. The number of aliphatic carboxylic acids is 1. The molecule has 1 heterocycles. The molecule has 0 saturated heterocycles. The summed E-state index contributed by atoms with van der Waals surface area (Å²) in [6.07, 6.45) is -1.18. The first-order valence-corrected chi connectivity index (χ1v) is 6.23. The average molecular weight is 263 g/mol. The smallest absolute Gasteiger partial charge is 0.323 e. The maximum Gasteiger partial charge on any atom is 0.323 e. The Kier molecular flexibility index (Phi) is 3.76. The van der Waals surface area contributed by atoms with E-state index in [0.717, 1.165) is 10.4 Å². The van der Waals surface area contributed by atoms with Crippen molar-refractivity contribution in [2.75, 3.05) is 0 Å². The van der Waals surface area contributed by atoms with Crippen molar-refractivity contribution in [2.45, 2.75) is 12.1 Å². The first kappa shape index (κ1) is 12.8. The van der Waals surface area contributed by atoms with Gasteiger partial charge in [0, 0.05) is 9.75 Å². The molecule has 0 radical (unpaired) electrons. The van der Waals surface area contributed by atoms with Gasteiger partial charge in [-0.1, -0.05) is 30.3 Å². The van der Waals surface area contributed by atoms with Crippen molar-refractivity contribution < 1.29 is 15.0 Å². The molecule has 0 fully saturated rings. The predicted molar refractivity (Wildman–Crippen MR) is 70.3 cm³/mol. The van der Waals surface area contributed by atoms with Gasteiger partial charge in [0.2, 0.25) is 0 Å². The molecule has 1 aromatic heterocycles. The highest BCUT2D eigenvalue weighted by Gasteiger charge is 2.24. The van der Waals surface area contributed by atoms with Gasteiger partial charge in [0.25, 0.3) is 0 Å². The molecular weight excluding hydrogens is 250 g/mol. The first-order valence-electron chi connectivity index (χ1n) is 5.41. The van der Waals surface area contributed by atoms with E-state index in [-0.39, 0.29) is 0 Å². The molecule has 4 nitrogen and oxygen atoms in total. The fourth-order valence-electron chi connectivity index (χ4n) is 1.58. The van der Waals surface area contributed by atoms with E-state index in [1.165, 1.54) is 11.3 Å². The van der Waals surface area contributed by atoms with Crippen LogP contribution in [0.15, 0.2) is 42.5 Å². The third-order valence-electron chi connectivity index (χ3n) is 2.60. The Labute approximate surface area is 108 Å². The summed E-state index contributed by atoms with van der Waals surface area (Å²) in [6, 6.07) is 12.0. The highest BCUT2D eigenvalue weighted by molar-refractivity contribution is 7.15. The molecule has 2 atom stereocenters. The van der Waals surface area contributed by atoms with Gasteiger partial charge in [-0.3, -0.25) is 4.79 Å². The summed E-state index contributed by atoms with van der Waals surface area (Å²) >= 11 is 1.35. The molecule has 0 aliphatic heterocycles. The van der Waals surface area contributed by atoms with Crippen LogP contribution >= 0.6 is 11.3 Å². The number of benzene rings is 1. The van der Waals surface area contributed by atoms with Crippen LogP contribution in [0.4, 0.5) is 0 Å². The van der Waals surface area contributed by atoms with Crippen LogP contribution in [0.3, 0.4) is 0 Å². The lowest BCUT2D eigenvalue weighted by atomic mass is 10.1. The summed E-state index contributed by atoms with van der Waals surface area (Å²) in [5.41, 5.74) is 6.43. The van der Waals surface area contributed by atoms with Crippen LogP contribution in [0.5, 0.6) is 0 Å². The second-order valence-electron chi connectivity index (χ2n) is 3.88. The average Bonchev–Trinajstić information content (AvgIpc) is 2.87. The molecule has 2 aromatic rings. The molecule has 94 valence electrons. The number of aliphatic hydroxyl groups is 1. The Balaban J connectivity index is 2.23. The Morgan fingerprint density at radius 3 is 2.44 bits per heavy atom. The van der Waals surface area contributed by atoms with Crippen LogP contribution in [0, 0.1) is 0 Å². The van der Waals surface area contributed by atoms with Gasteiger partial charge in [0.15, 0.2) is 0 Å². The van der Waals surface area contributed by atoms with Crippen molar-refractivity contribution in [1.82, 2.24) is 0 Å². The minimum atomic E-state index is -1.30. The number of thiophene rings is 1. The van der Waals surface area contributed by atoms with Crippen molar-refractivity contribution >= 4 is 17.3 Å². The predicted octanol–water partition coefficient (Wildman–Crippen LogP) is 1.86. The number of hydrogen-bond donors (Lipinski definition) is 3. The van der Waals surface area contributed by atoms with E-state index in [9.17, 15) is 9.90 Å². The van der Waals surface area contributed by atoms with Gasteiger partial charge in [-0.15, -0.1) is 11.3 Å². The van der Waals surface area contributed by atoms with Crippen molar-refractivity contribution in [3.63, 3.8) is 0 Å². The SMILES string of the molecule is NC(C(=O)O)C(O)c1ccc(-c2ccccc2)s1. The second kappa shape index (κ2) is 5.30. The van der Waals surface area contributed by atoms with E-state index in [1.807, 2.05) is 36.4 Å². The number of rotatable bonds is 4. The minimum absolute atomic E-state index is 0.559. The number of carboxylic acids is 1. The van der Waals surface area contributed by atoms with Gasteiger partial charge in [0.05, 0.1) is 0 Å². The van der Waals surface area contributed by atoms with Crippen LogP contribution in [-0.4, -0.2) is 22.2 Å². The fraction of sp³-hybridized carbons (Fsp3) is 0.154. The van der Waals surface area contributed by atoms with Crippen LogP contribution in [0.1, 0.15) is 11.0 Å². The highest BCUT2D eigenvalue weighted by Crippen LogP contribution is 2.32. The monoisotopic (exact) mass is 263 g/mol. The maximum absolute atomic E-state index is 10.7. The normalized spacial score (nSPS) is 14.1. The summed E-state index contributed by atoms with van der Waals surface area (Å²) < 4.78 is 0. The molecule has 0 spiro atoms. The number of nitrogens with two attached hydrogens (primary N) is 1. The van der Waals surface area contributed by atoms with Crippen LogP contribution in [0.2, 0.25) is 0 Å². The summed E-state index contributed by atoms with van der Waals surface area (Å²) in [5.74, 6) is -1.21. The van der Waals surface area contributed by atoms with Crippen molar-refractivity contribution in [3.05, 3.63) is 47.3 Å². The van der Waals surface area contributed by atoms with E-state index in [4.69, 9.17) is 10.8 Å². The Hall–Kier alpha value is -1.69. The van der Waals surface area contributed by atoms with Gasteiger partial charge in [0.1, 0.15) is 12.1 Å². The topological polar surface area (TPSA) is 83.6 Å². The van der Waals surface area contributed by atoms with E-state index in [0.29, 0.717) is 4.88 Å². The lowest BCUT2D eigenvalue weighted by molar-refractivity contribution is -0.141. The number of carboxylic acid groups (broad SMARTS) is 1. The molecule has 0 aliphatic rings. The fourth-order valence-corrected chi connectivity index (χ4v) is 2.63. The molecule has 1 aromatic carbocycles. The molecule has 2 unspecified atom stereocenters. The van der Waals surface area contributed by atoms with Gasteiger partial charge >= 0.3 is 5.97 Å². The largest absolute Gasteiger partial charge is 0.480 e. The number of hydrogen-bond acceptors (Lipinski definition) is 4. The van der Waals surface area contributed by atoms with E-state index < -0.39 is 18.1 Å². The van der Waals surface area contributed by atoms with E-state index in [2.05, 4.69) is 0 Å². The Morgan fingerprint density at radius 1 is 1.17 bits per heavy atom. The van der Waals surface area contributed by atoms with Crippen molar-refractivity contribution in [3.8, 4) is 10.4 Å². The van der Waals surface area contributed by atoms with Crippen LogP contribution in [0.25, 0.3) is 10.4 Å². The molecular formula is C13H13NO3S. The summed E-state index contributed by atoms with van der Waals surface area (Å²) in [6.45, 7) is 0. The molecule has 4 N–H and O–H groups in total. The zero-order valence-electron chi connectivity index (χ0n) is 9.48. The lowest BCUT2D eigenvalue weighted by Crippen LogP contribution is -2.36. The number of carbonyl (C=O) groups is 1. The summed E-state index contributed by atoms with van der Waals surface area (Å²) in [4.78, 5) is 12.2. The molecule has 0 amide bonds. The summed E-state index contributed by atoms with van der Waals surface area (Å²) in [7, 11) is 0. The lowest BCUT2D eigenvalue weighted by Gasteiger charge is -2.12. The maximum atomic E-state index is 10.7. The minimum Gasteiger partial charge on any atom is -0.480 e.